The largest absolute Gasteiger partial charge is 0.494 e. The standard InChI is InChI=1S/C27H32N2O5/c1-2-3-19-32-24-14-9-21(10-15-24)11-18-26(33-20-22-7-5-4-6-8-22)27(28)34-25-16-12-23(13-17-25)29(30)31/h4-10,12-17,26-27H,2-3,11,18-20,28H2,1H3. The van der Waals surface area contributed by atoms with Crippen LogP contribution >= 0.6 is 0 Å². The lowest BCUT2D eigenvalue weighted by Crippen LogP contribution is -2.41. The van der Waals surface area contributed by atoms with Crippen LogP contribution in [0.15, 0.2) is 78.9 Å². The third-order valence-corrected chi connectivity index (χ3v) is 5.40. The molecule has 2 atom stereocenters. The summed E-state index contributed by atoms with van der Waals surface area (Å²) in [4.78, 5) is 10.4. The van der Waals surface area contributed by atoms with E-state index >= 15 is 0 Å². The molecular formula is C27H32N2O5. The average molecular weight is 465 g/mol. The van der Waals surface area contributed by atoms with Crippen molar-refractivity contribution in [1.29, 1.82) is 0 Å². The molecule has 34 heavy (non-hydrogen) atoms. The maximum atomic E-state index is 10.9. The zero-order valence-corrected chi connectivity index (χ0v) is 19.5. The van der Waals surface area contributed by atoms with Crippen LogP contribution in [0.1, 0.15) is 37.3 Å². The number of non-ortho nitro benzene ring substituents is 1. The lowest BCUT2D eigenvalue weighted by atomic mass is 10.1. The Balaban J connectivity index is 1.61. The van der Waals surface area contributed by atoms with Crippen LogP contribution in [-0.4, -0.2) is 23.9 Å². The van der Waals surface area contributed by atoms with E-state index in [9.17, 15) is 10.1 Å². The molecule has 7 heteroatoms. The molecule has 0 aliphatic carbocycles. The van der Waals surface area contributed by atoms with Crippen molar-refractivity contribution in [3.63, 3.8) is 0 Å². The van der Waals surface area contributed by atoms with E-state index in [0.717, 1.165) is 42.7 Å². The van der Waals surface area contributed by atoms with Gasteiger partial charge in [0.05, 0.1) is 18.1 Å². The number of ether oxygens (including phenoxy) is 3. The van der Waals surface area contributed by atoms with Crippen molar-refractivity contribution >= 4 is 5.69 Å². The Morgan fingerprint density at radius 2 is 1.59 bits per heavy atom. The Kier molecular flexibility index (Phi) is 9.88. The molecule has 0 aliphatic heterocycles. The fourth-order valence-corrected chi connectivity index (χ4v) is 3.40. The predicted octanol–water partition coefficient (Wildman–Crippen LogP) is 5.66. The molecule has 3 aromatic carbocycles. The monoisotopic (exact) mass is 464 g/mol. The predicted molar refractivity (Wildman–Crippen MR) is 132 cm³/mol. The van der Waals surface area contributed by atoms with Gasteiger partial charge in [-0.2, -0.15) is 0 Å². The van der Waals surface area contributed by atoms with Crippen LogP contribution in [0.4, 0.5) is 5.69 Å². The fourth-order valence-electron chi connectivity index (χ4n) is 3.40. The molecule has 0 aliphatic rings. The highest BCUT2D eigenvalue weighted by atomic mass is 16.6. The number of nitro benzene ring substituents is 1. The number of hydrogen-bond acceptors (Lipinski definition) is 6. The molecule has 0 bridgehead atoms. The van der Waals surface area contributed by atoms with Gasteiger partial charge in [0, 0.05) is 12.1 Å². The van der Waals surface area contributed by atoms with Gasteiger partial charge in [0.15, 0.2) is 6.23 Å². The Morgan fingerprint density at radius 1 is 0.912 bits per heavy atom. The Bertz CT molecular complexity index is 994. The summed E-state index contributed by atoms with van der Waals surface area (Å²) in [5.74, 6) is 1.33. The Hall–Kier alpha value is -3.42. The van der Waals surface area contributed by atoms with Gasteiger partial charge in [0.1, 0.15) is 17.6 Å². The number of unbranched alkanes of at least 4 members (excludes halogenated alkanes) is 1. The topological polar surface area (TPSA) is 96.9 Å². The molecule has 0 saturated heterocycles. The second-order valence-electron chi connectivity index (χ2n) is 8.05. The summed E-state index contributed by atoms with van der Waals surface area (Å²) in [6.07, 6.45) is 2.43. The molecule has 0 amide bonds. The van der Waals surface area contributed by atoms with Gasteiger partial charge in [-0.15, -0.1) is 0 Å². The smallest absolute Gasteiger partial charge is 0.269 e. The average Bonchev–Trinajstić information content (AvgIpc) is 2.86. The second kappa shape index (κ2) is 13.3. The fraction of sp³-hybridized carbons (Fsp3) is 0.333. The summed E-state index contributed by atoms with van der Waals surface area (Å²) in [7, 11) is 0. The number of hydrogen-bond donors (Lipinski definition) is 1. The van der Waals surface area contributed by atoms with Crippen molar-refractivity contribution in [2.45, 2.75) is 51.5 Å². The van der Waals surface area contributed by atoms with E-state index in [4.69, 9.17) is 19.9 Å². The molecule has 180 valence electrons. The quantitative estimate of drug-likeness (QED) is 0.143. The minimum absolute atomic E-state index is 0.0000744. The molecule has 0 fully saturated rings. The number of nitrogens with zero attached hydrogens (tertiary/aromatic N) is 1. The van der Waals surface area contributed by atoms with Crippen molar-refractivity contribution in [2.24, 2.45) is 5.73 Å². The lowest BCUT2D eigenvalue weighted by Gasteiger charge is -2.25. The molecule has 0 spiro atoms. The second-order valence-corrected chi connectivity index (χ2v) is 8.05. The molecule has 3 rings (SSSR count). The van der Waals surface area contributed by atoms with E-state index in [1.165, 1.54) is 12.1 Å². The first kappa shape index (κ1) is 25.2. The maximum Gasteiger partial charge on any atom is 0.269 e. The van der Waals surface area contributed by atoms with E-state index in [-0.39, 0.29) is 11.8 Å². The van der Waals surface area contributed by atoms with Gasteiger partial charge in [-0.25, -0.2) is 0 Å². The molecule has 3 aromatic rings. The number of rotatable bonds is 14. The molecule has 2 N–H and O–H groups in total. The van der Waals surface area contributed by atoms with Gasteiger partial charge in [-0.1, -0.05) is 55.8 Å². The molecule has 0 radical (unpaired) electrons. The number of aryl methyl sites for hydroxylation is 1. The maximum absolute atomic E-state index is 10.9. The minimum atomic E-state index is -0.734. The summed E-state index contributed by atoms with van der Waals surface area (Å²) >= 11 is 0. The van der Waals surface area contributed by atoms with E-state index in [0.29, 0.717) is 18.8 Å². The summed E-state index contributed by atoms with van der Waals surface area (Å²) in [6, 6.07) is 23.8. The highest BCUT2D eigenvalue weighted by molar-refractivity contribution is 5.36. The highest BCUT2D eigenvalue weighted by Crippen LogP contribution is 2.21. The third-order valence-electron chi connectivity index (χ3n) is 5.40. The van der Waals surface area contributed by atoms with Gasteiger partial charge in [-0.3, -0.25) is 15.8 Å². The van der Waals surface area contributed by atoms with Crippen LogP contribution in [0.2, 0.25) is 0 Å². The van der Waals surface area contributed by atoms with Gasteiger partial charge in [-0.05, 0) is 54.7 Å². The zero-order chi connectivity index (χ0) is 24.2. The van der Waals surface area contributed by atoms with Crippen molar-refractivity contribution in [2.75, 3.05) is 6.61 Å². The summed E-state index contributed by atoms with van der Waals surface area (Å²) < 4.78 is 17.8. The van der Waals surface area contributed by atoms with Crippen LogP contribution in [0.25, 0.3) is 0 Å². The lowest BCUT2D eigenvalue weighted by molar-refractivity contribution is -0.384. The summed E-state index contributed by atoms with van der Waals surface area (Å²) in [5.41, 5.74) is 8.56. The minimum Gasteiger partial charge on any atom is -0.494 e. The first-order valence-electron chi connectivity index (χ1n) is 11.6. The van der Waals surface area contributed by atoms with Crippen LogP contribution in [0, 0.1) is 10.1 Å². The van der Waals surface area contributed by atoms with Gasteiger partial charge < -0.3 is 14.2 Å². The first-order valence-corrected chi connectivity index (χ1v) is 11.6. The Labute approximate surface area is 200 Å². The number of nitrogens with two attached hydrogens (primary N) is 1. The van der Waals surface area contributed by atoms with E-state index in [2.05, 4.69) is 19.1 Å². The number of benzene rings is 3. The number of nitro groups is 1. The molecule has 7 nitrogen and oxygen atoms in total. The van der Waals surface area contributed by atoms with Crippen LogP contribution in [-0.2, 0) is 17.8 Å². The summed E-state index contributed by atoms with van der Waals surface area (Å²) in [5, 5.41) is 10.9. The normalized spacial score (nSPS) is 12.6. The van der Waals surface area contributed by atoms with Crippen LogP contribution in [0.5, 0.6) is 11.5 Å². The molecular weight excluding hydrogens is 432 g/mol. The molecule has 0 saturated carbocycles. The van der Waals surface area contributed by atoms with E-state index in [1.807, 2.05) is 42.5 Å². The van der Waals surface area contributed by atoms with Gasteiger partial charge in [0.2, 0.25) is 0 Å². The van der Waals surface area contributed by atoms with Crippen molar-refractivity contribution < 1.29 is 19.1 Å². The van der Waals surface area contributed by atoms with E-state index in [1.54, 1.807) is 12.1 Å². The zero-order valence-electron chi connectivity index (χ0n) is 19.5. The van der Waals surface area contributed by atoms with Crippen molar-refractivity contribution in [1.82, 2.24) is 0 Å². The molecule has 0 aromatic heterocycles. The van der Waals surface area contributed by atoms with Crippen LogP contribution in [0.3, 0.4) is 0 Å². The summed E-state index contributed by atoms with van der Waals surface area (Å²) in [6.45, 7) is 3.27. The Morgan fingerprint density at radius 3 is 2.24 bits per heavy atom. The SMILES string of the molecule is CCCCOc1ccc(CCC(OCc2ccccc2)C(N)Oc2ccc([N+](=O)[O-])cc2)cc1. The molecule has 2 unspecified atom stereocenters. The van der Waals surface area contributed by atoms with Crippen molar-refractivity contribution in [3.8, 4) is 11.5 Å². The van der Waals surface area contributed by atoms with Crippen molar-refractivity contribution in [3.05, 3.63) is 100 Å². The van der Waals surface area contributed by atoms with Gasteiger partial charge >= 0.3 is 0 Å². The molecule has 0 heterocycles. The highest BCUT2D eigenvalue weighted by Gasteiger charge is 2.21. The van der Waals surface area contributed by atoms with Gasteiger partial charge in [0.25, 0.3) is 5.69 Å². The van der Waals surface area contributed by atoms with E-state index < -0.39 is 11.2 Å². The van der Waals surface area contributed by atoms with Crippen LogP contribution < -0.4 is 15.2 Å². The third kappa shape index (κ3) is 8.17. The first-order chi connectivity index (χ1) is 16.5.